The summed E-state index contributed by atoms with van der Waals surface area (Å²) in [6, 6.07) is 13.8. The highest BCUT2D eigenvalue weighted by Crippen LogP contribution is 2.24. The van der Waals surface area contributed by atoms with Gasteiger partial charge < -0.3 is 15.7 Å². The Labute approximate surface area is 210 Å². The predicted octanol–water partition coefficient (Wildman–Crippen LogP) is 2.60. The van der Waals surface area contributed by atoms with E-state index in [-0.39, 0.29) is 11.6 Å². The first-order chi connectivity index (χ1) is 16.4. The summed E-state index contributed by atoms with van der Waals surface area (Å²) in [7, 11) is 1.37. The van der Waals surface area contributed by atoms with Crippen LogP contribution in [-0.2, 0) is 14.4 Å². The number of aliphatic hydroxyl groups is 1. The van der Waals surface area contributed by atoms with Gasteiger partial charge in [0.1, 0.15) is 12.1 Å². The van der Waals surface area contributed by atoms with Gasteiger partial charge in [-0.2, -0.15) is 0 Å². The van der Waals surface area contributed by atoms with Crippen LogP contribution >= 0.6 is 11.6 Å². The monoisotopic (exact) mass is 499 g/mol. The van der Waals surface area contributed by atoms with Crippen LogP contribution in [0.1, 0.15) is 32.8 Å². The average Bonchev–Trinajstić information content (AvgIpc) is 2.81. The third-order valence-electron chi connectivity index (χ3n) is 5.12. The molecule has 0 saturated carbocycles. The number of benzene rings is 2. The van der Waals surface area contributed by atoms with Crippen LogP contribution in [0.5, 0.6) is 0 Å². The fourth-order valence-electron chi connectivity index (χ4n) is 3.30. The molecule has 35 heavy (non-hydrogen) atoms. The number of hydroxylamine groups is 2. The molecule has 9 heteroatoms. The Hall–Kier alpha value is -3.38. The maximum atomic E-state index is 12.4. The molecule has 0 fully saturated rings. The Bertz CT molecular complexity index is 1100. The molecule has 0 bridgehead atoms. The number of hydrogen-bond acceptors (Lipinski definition) is 5. The summed E-state index contributed by atoms with van der Waals surface area (Å²) in [4.78, 5) is 36.6. The molecule has 2 atom stereocenters. The fraction of sp³-hybridized carbons (Fsp3) is 0.346. The molecule has 8 nitrogen and oxygen atoms in total. The van der Waals surface area contributed by atoms with E-state index in [4.69, 9.17) is 11.6 Å². The van der Waals surface area contributed by atoms with E-state index < -0.39 is 41.7 Å². The number of nitrogens with zero attached hydrogens (tertiary/aromatic N) is 1. The molecule has 0 aliphatic carbocycles. The third-order valence-corrected chi connectivity index (χ3v) is 5.37. The molecule has 0 heterocycles. The molecular weight excluding hydrogens is 470 g/mol. The Morgan fingerprint density at radius 1 is 1.03 bits per heavy atom. The number of carbonyl (C=O) groups excluding carboxylic acids is 3. The van der Waals surface area contributed by atoms with Crippen molar-refractivity contribution in [1.29, 1.82) is 0 Å². The van der Waals surface area contributed by atoms with Crippen molar-refractivity contribution in [2.75, 3.05) is 13.6 Å². The van der Waals surface area contributed by atoms with Crippen LogP contribution in [0.25, 0.3) is 11.1 Å². The first-order valence-electron chi connectivity index (χ1n) is 11.0. The maximum Gasteiger partial charge on any atom is 0.276 e. The lowest BCUT2D eigenvalue weighted by Crippen LogP contribution is -2.56. The van der Waals surface area contributed by atoms with E-state index in [1.54, 1.807) is 20.8 Å². The van der Waals surface area contributed by atoms with Crippen LogP contribution in [0, 0.1) is 17.3 Å². The van der Waals surface area contributed by atoms with Gasteiger partial charge in [0.05, 0.1) is 13.0 Å². The summed E-state index contributed by atoms with van der Waals surface area (Å²) in [5.41, 5.74) is 1.99. The Morgan fingerprint density at radius 3 is 2.09 bits per heavy atom. The molecule has 0 radical (unpaired) electrons. The minimum Gasteiger partial charge on any atom is -0.383 e. The quantitative estimate of drug-likeness (QED) is 0.265. The molecular formula is C26H30ClN3O5. The Balaban J connectivity index is 1.88. The van der Waals surface area contributed by atoms with Crippen molar-refractivity contribution in [3.8, 4) is 23.0 Å². The fourth-order valence-corrected chi connectivity index (χ4v) is 3.43. The van der Waals surface area contributed by atoms with Crippen molar-refractivity contribution < 1.29 is 24.7 Å². The topological polar surface area (TPSA) is 119 Å². The molecule has 0 spiro atoms. The summed E-state index contributed by atoms with van der Waals surface area (Å²) in [5, 5.41) is 26.1. The standard InChI is InChI=1S/C26H30ClN3O5/c1-26(2,3)23(24(33)28-4)30(35)25(34)21(31)16-22(32)29-15-5-6-17-7-9-18(10-8-17)19-11-13-20(27)14-12-19/h7-14,21,23,31,35H,15-16H2,1-4H3,(H,28,33)(H,29,32)/t21-,23+/m0/s1. The highest BCUT2D eigenvalue weighted by Gasteiger charge is 2.40. The number of likely N-dealkylation sites (N-methyl/N-ethyl adjacent to an activating group) is 1. The molecule has 0 saturated heterocycles. The molecule has 0 aromatic heterocycles. The first-order valence-corrected chi connectivity index (χ1v) is 11.3. The highest BCUT2D eigenvalue weighted by molar-refractivity contribution is 6.30. The van der Waals surface area contributed by atoms with Gasteiger partial charge in [-0.05, 0) is 40.8 Å². The molecule has 2 aromatic rings. The first kappa shape index (κ1) is 27.9. The number of aliphatic hydroxyl groups excluding tert-OH is 1. The van der Waals surface area contributed by atoms with Crippen LogP contribution in [0.3, 0.4) is 0 Å². The molecule has 0 aliphatic heterocycles. The van der Waals surface area contributed by atoms with Crippen molar-refractivity contribution in [2.45, 2.75) is 39.3 Å². The highest BCUT2D eigenvalue weighted by atomic mass is 35.5. The second kappa shape index (κ2) is 12.4. The summed E-state index contributed by atoms with van der Waals surface area (Å²) in [6.07, 6.45) is -2.40. The predicted molar refractivity (Wildman–Crippen MR) is 133 cm³/mol. The normalized spacial score (nSPS) is 12.5. The number of halogens is 1. The van der Waals surface area contributed by atoms with Crippen molar-refractivity contribution in [3.63, 3.8) is 0 Å². The minimum absolute atomic E-state index is 0.00434. The van der Waals surface area contributed by atoms with E-state index in [2.05, 4.69) is 22.5 Å². The van der Waals surface area contributed by atoms with Crippen molar-refractivity contribution in [2.24, 2.45) is 5.41 Å². The van der Waals surface area contributed by atoms with Crippen molar-refractivity contribution >= 4 is 29.3 Å². The van der Waals surface area contributed by atoms with Gasteiger partial charge in [0, 0.05) is 17.6 Å². The lowest BCUT2D eigenvalue weighted by Gasteiger charge is -2.35. The molecule has 3 amide bonds. The van der Waals surface area contributed by atoms with Crippen LogP contribution < -0.4 is 10.6 Å². The second-order valence-corrected chi connectivity index (χ2v) is 9.38. The number of nitrogens with one attached hydrogen (secondary N) is 2. The summed E-state index contributed by atoms with van der Waals surface area (Å²) in [5.74, 6) is 3.37. The van der Waals surface area contributed by atoms with E-state index >= 15 is 0 Å². The minimum atomic E-state index is -1.82. The lowest BCUT2D eigenvalue weighted by atomic mass is 9.85. The van der Waals surface area contributed by atoms with E-state index in [9.17, 15) is 24.7 Å². The zero-order chi connectivity index (χ0) is 26.2. The van der Waals surface area contributed by atoms with Gasteiger partial charge in [0.2, 0.25) is 11.8 Å². The number of hydrogen-bond donors (Lipinski definition) is 4. The van der Waals surface area contributed by atoms with Gasteiger partial charge in [0.15, 0.2) is 0 Å². The van der Waals surface area contributed by atoms with Crippen molar-refractivity contribution in [1.82, 2.24) is 15.7 Å². The molecule has 186 valence electrons. The van der Waals surface area contributed by atoms with Gasteiger partial charge in [-0.1, -0.05) is 68.5 Å². The van der Waals surface area contributed by atoms with Crippen molar-refractivity contribution in [3.05, 3.63) is 59.1 Å². The number of amides is 3. The molecule has 2 aromatic carbocycles. The summed E-state index contributed by atoms with van der Waals surface area (Å²) >= 11 is 5.91. The van der Waals surface area contributed by atoms with Crippen LogP contribution in [0.4, 0.5) is 0 Å². The average molecular weight is 500 g/mol. The summed E-state index contributed by atoms with van der Waals surface area (Å²) in [6.45, 7) is 4.98. The largest absolute Gasteiger partial charge is 0.383 e. The van der Waals surface area contributed by atoms with Crippen LogP contribution in [0.15, 0.2) is 48.5 Å². The van der Waals surface area contributed by atoms with Gasteiger partial charge in [-0.25, -0.2) is 5.06 Å². The SMILES string of the molecule is CNC(=O)[C@@H](N(O)C(=O)[C@@H](O)CC(=O)NCC#Cc1ccc(-c2ccc(Cl)cc2)cc1)C(C)(C)C. The van der Waals surface area contributed by atoms with Gasteiger partial charge in [0.25, 0.3) is 5.91 Å². The molecule has 0 aliphatic rings. The molecule has 2 rings (SSSR count). The zero-order valence-electron chi connectivity index (χ0n) is 20.1. The third kappa shape index (κ3) is 8.11. The van der Waals surface area contributed by atoms with Gasteiger partial charge >= 0.3 is 0 Å². The smallest absolute Gasteiger partial charge is 0.276 e. The lowest BCUT2D eigenvalue weighted by molar-refractivity contribution is -0.196. The number of rotatable bonds is 7. The second-order valence-electron chi connectivity index (χ2n) is 8.95. The van der Waals surface area contributed by atoms with E-state index in [0.717, 1.165) is 16.7 Å². The molecule has 4 N–H and O–H groups in total. The molecule has 0 unspecified atom stereocenters. The zero-order valence-corrected chi connectivity index (χ0v) is 20.9. The van der Waals surface area contributed by atoms with E-state index in [1.165, 1.54) is 7.05 Å². The van der Waals surface area contributed by atoms with E-state index in [1.807, 2.05) is 48.5 Å². The van der Waals surface area contributed by atoms with E-state index in [0.29, 0.717) is 5.02 Å². The number of carbonyl (C=O) groups is 3. The Morgan fingerprint density at radius 2 is 1.57 bits per heavy atom. The van der Waals surface area contributed by atoms with Gasteiger partial charge in [-0.3, -0.25) is 19.6 Å². The van der Waals surface area contributed by atoms with Crippen LogP contribution in [-0.4, -0.2) is 58.8 Å². The summed E-state index contributed by atoms with van der Waals surface area (Å²) < 4.78 is 0. The Kier molecular flexibility index (Phi) is 9.84. The van der Waals surface area contributed by atoms with Crippen LogP contribution in [0.2, 0.25) is 5.02 Å². The van der Waals surface area contributed by atoms with Gasteiger partial charge in [-0.15, -0.1) is 0 Å². The maximum absolute atomic E-state index is 12.4.